The van der Waals surface area contributed by atoms with Crippen molar-refractivity contribution in [2.24, 2.45) is 11.5 Å². The summed E-state index contributed by atoms with van der Waals surface area (Å²) in [5, 5.41) is 0. The minimum absolute atomic E-state index is 0.245. The fraction of sp³-hybridized carbons (Fsp3) is 0.200. The first-order valence-electron chi connectivity index (χ1n) is 8.89. The van der Waals surface area contributed by atoms with Crippen LogP contribution in [-0.4, -0.2) is 32.8 Å². The van der Waals surface area contributed by atoms with Crippen molar-refractivity contribution in [2.45, 2.75) is 19.4 Å². The van der Waals surface area contributed by atoms with Crippen LogP contribution in [0.1, 0.15) is 25.1 Å². The van der Waals surface area contributed by atoms with E-state index in [0.29, 0.717) is 22.3 Å². The monoisotopic (exact) mass is 393 g/mol. The van der Waals surface area contributed by atoms with Crippen LogP contribution in [0.3, 0.4) is 0 Å². The molecule has 3 heterocycles. The van der Waals surface area contributed by atoms with Crippen LogP contribution >= 0.6 is 0 Å². The van der Waals surface area contributed by atoms with Crippen LogP contribution in [0, 0.1) is 0 Å². The van der Waals surface area contributed by atoms with Crippen molar-refractivity contribution >= 4 is 28.3 Å². The van der Waals surface area contributed by atoms with Crippen molar-refractivity contribution in [1.82, 2.24) is 14.5 Å². The molecule has 5 N–H and O–H groups in total. The number of amides is 1. The molecule has 0 saturated carbocycles. The van der Waals surface area contributed by atoms with E-state index in [9.17, 15) is 14.4 Å². The number of carbonyl (C=O) groups excluding carboxylic acids is 2. The number of imidazole rings is 1. The Hall–Kier alpha value is -3.88. The van der Waals surface area contributed by atoms with Gasteiger partial charge in [0.15, 0.2) is 11.5 Å². The third-order valence-corrected chi connectivity index (χ3v) is 5.12. The molecule has 148 valence electrons. The molecular weight excluding hydrogens is 374 g/mol. The van der Waals surface area contributed by atoms with Crippen molar-refractivity contribution in [2.75, 3.05) is 6.61 Å². The molecule has 0 bridgehead atoms. The van der Waals surface area contributed by atoms with Gasteiger partial charge in [0.05, 0.1) is 11.2 Å². The van der Waals surface area contributed by atoms with Gasteiger partial charge in [-0.15, -0.1) is 0 Å². The van der Waals surface area contributed by atoms with E-state index >= 15 is 0 Å². The van der Waals surface area contributed by atoms with E-state index < -0.39 is 17.1 Å². The zero-order chi connectivity index (χ0) is 20.9. The second-order valence-electron chi connectivity index (χ2n) is 6.95. The van der Waals surface area contributed by atoms with E-state index in [2.05, 4.69) is 9.97 Å². The lowest BCUT2D eigenvalue weighted by atomic mass is 9.91. The Morgan fingerprint density at radius 2 is 1.97 bits per heavy atom. The molecule has 0 fully saturated rings. The van der Waals surface area contributed by atoms with Gasteiger partial charge in [-0.3, -0.25) is 19.1 Å². The number of primary amides is 1. The highest BCUT2D eigenvalue weighted by Gasteiger charge is 2.49. The van der Waals surface area contributed by atoms with E-state index in [1.165, 1.54) is 17.7 Å². The van der Waals surface area contributed by atoms with Crippen molar-refractivity contribution in [1.29, 1.82) is 0 Å². The van der Waals surface area contributed by atoms with Gasteiger partial charge in [-0.25, -0.2) is 4.79 Å². The van der Waals surface area contributed by atoms with Crippen molar-refractivity contribution < 1.29 is 14.3 Å². The van der Waals surface area contributed by atoms with Crippen molar-refractivity contribution in [3.8, 4) is 5.75 Å². The minimum atomic E-state index is -1.64. The number of carbonyl (C=O) groups is 2. The van der Waals surface area contributed by atoms with Gasteiger partial charge in [-0.05, 0) is 38.1 Å². The maximum Gasteiger partial charge on any atom is 0.327 e. The smallest absolute Gasteiger partial charge is 0.327 e. The highest BCUT2D eigenvalue weighted by Crippen LogP contribution is 2.41. The summed E-state index contributed by atoms with van der Waals surface area (Å²) >= 11 is 0. The van der Waals surface area contributed by atoms with Gasteiger partial charge in [-0.2, -0.15) is 0 Å². The maximum absolute atomic E-state index is 12.9. The number of hydrogen-bond donors (Lipinski definition) is 3. The largest absolute Gasteiger partial charge is 0.487 e. The summed E-state index contributed by atoms with van der Waals surface area (Å²) in [6.07, 6.45) is 1.51. The van der Waals surface area contributed by atoms with E-state index in [1.54, 1.807) is 37.3 Å². The van der Waals surface area contributed by atoms with Crippen LogP contribution in [0.25, 0.3) is 16.6 Å². The molecule has 1 atom stereocenters. The Balaban J connectivity index is 2.14. The topological polar surface area (TPSA) is 146 Å². The van der Waals surface area contributed by atoms with E-state index in [-0.39, 0.29) is 29.4 Å². The number of hydrogen-bond acceptors (Lipinski definition) is 6. The maximum atomic E-state index is 12.9. The highest BCUT2D eigenvalue weighted by atomic mass is 16.5. The van der Waals surface area contributed by atoms with Gasteiger partial charge < -0.3 is 21.2 Å². The standard InChI is InChI=1S/C20H19N5O4/c1-10(21)15(11(2)26)12-6-7-13-16-17(12)29-9-20(18(22)27,25(16)19(28)24-13)14-5-3-4-8-23-14/h3-8H,9,21H2,1-2H3,(H2,22,27)(H,24,28). The summed E-state index contributed by atoms with van der Waals surface area (Å²) in [6.45, 7) is 2.75. The number of nitrogens with one attached hydrogen (secondary N) is 1. The molecule has 29 heavy (non-hydrogen) atoms. The number of ketones is 1. The van der Waals surface area contributed by atoms with Crippen molar-refractivity contribution in [3.63, 3.8) is 0 Å². The normalized spacial score (nSPS) is 18.8. The van der Waals surface area contributed by atoms with Crippen LogP contribution in [0.2, 0.25) is 0 Å². The van der Waals surface area contributed by atoms with Gasteiger partial charge in [0.1, 0.15) is 12.1 Å². The molecule has 9 nitrogen and oxygen atoms in total. The van der Waals surface area contributed by atoms with Gasteiger partial charge in [0.2, 0.25) is 5.54 Å². The average Bonchev–Trinajstić information content (AvgIpc) is 3.02. The summed E-state index contributed by atoms with van der Waals surface area (Å²) in [4.78, 5) is 44.7. The van der Waals surface area contributed by atoms with E-state index in [1.807, 2.05) is 0 Å². The van der Waals surface area contributed by atoms with Gasteiger partial charge >= 0.3 is 5.69 Å². The number of nitrogens with zero attached hydrogens (tertiary/aromatic N) is 2. The second kappa shape index (κ2) is 6.33. The van der Waals surface area contributed by atoms with Crippen LogP contribution in [0.5, 0.6) is 5.75 Å². The molecule has 0 radical (unpaired) electrons. The number of aromatic nitrogens is 3. The molecule has 1 aliphatic heterocycles. The van der Waals surface area contributed by atoms with E-state index in [4.69, 9.17) is 16.2 Å². The molecule has 1 unspecified atom stereocenters. The number of benzene rings is 1. The summed E-state index contributed by atoms with van der Waals surface area (Å²) < 4.78 is 7.25. The zero-order valence-corrected chi connectivity index (χ0v) is 15.9. The van der Waals surface area contributed by atoms with Crippen LogP contribution in [0.4, 0.5) is 0 Å². The number of ether oxygens (including phenoxy) is 1. The number of rotatable bonds is 4. The molecule has 4 rings (SSSR count). The first kappa shape index (κ1) is 18.5. The quantitative estimate of drug-likeness (QED) is 0.554. The van der Waals surface area contributed by atoms with Gasteiger partial charge in [-0.1, -0.05) is 6.07 Å². The molecule has 0 aliphatic carbocycles. The number of H-pyrrole nitrogens is 1. The first-order valence-corrected chi connectivity index (χ1v) is 8.89. The Morgan fingerprint density at radius 1 is 1.21 bits per heavy atom. The molecule has 0 spiro atoms. The van der Waals surface area contributed by atoms with Crippen LogP contribution in [-0.2, 0) is 15.1 Å². The fourth-order valence-electron chi connectivity index (χ4n) is 3.90. The molecule has 1 aromatic carbocycles. The average molecular weight is 393 g/mol. The molecule has 9 heteroatoms. The zero-order valence-electron chi connectivity index (χ0n) is 15.9. The predicted octanol–water partition coefficient (Wildman–Crippen LogP) is 0.625. The third kappa shape index (κ3) is 2.47. The fourth-order valence-corrected chi connectivity index (χ4v) is 3.90. The summed E-state index contributed by atoms with van der Waals surface area (Å²) in [5.41, 5.74) is 11.6. The Kier molecular flexibility index (Phi) is 4.04. The van der Waals surface area contributed by atoms with Gasteiger partial charge in [0, 0.05) is 23.0 Å². The third-order valence-electron chi connectivity index (χ3n) is 5.12. The molecule has 2 aromatic heterocycles. The summed E-state index contributed by atoms with van der Waals surface area (Å²) in [5.74, 6) is -0.749. The molecule has 1 aliphatic rings. The molecule has 3 aromatic rings. The molecule has 0 saturated heterocycles. The lowest BCUT2D eigenvalue weighted by Gasteiger charge is -2.35. The lowest BCUT2D eigenvalue weighted by Crippen LogP contribution is -2.56. The van der Waals surface area contributed by atoms with Crippen LogP contribution in [0.15, 0.2) is 47.0 Å². The second-order valence-corrected chi connectivity index (χ2v) is 6.95. The number of aromatic amines is 1. The Morgan fingerprint density at radius 3 is 2.55 bits per heavy atom. The van der Waals surface area contributed by atoms with Gasteiger partial charge in [0.25, 0.3) is 5.91 Å². The van der Waals surface area contributed by atoms with Crippen LogP contribution < -0.4 is 21.9 Å². The molecular formula is C20H19N5O4. The van der Waals surface area contributed by atoms with Crippen molar-refractivity contribution in [3.05, 3.63) is 64.0 Å². The van der Waals surface area contributed by atoms with E-state index in [0.717, 1.165) is 0 Å². The first-order chi connectivity index (χ1) is 13.8. The predicted molar refractivity (Wildman–Crippen MR) is 106 cm³/mol. The lowest BCUT2D eigenvalue weighted by molar-refractivity contribution is -0.126. The summed E-state index contributed by atoms with van der Waals surface area (Å²) in [6, 6.07) is 8.29. The minimum Gasteiger partial charge on any atom is -0.487 e. The Bertz CT molecular complexity index is 1250. The highest BCUT2D eigenvalue weighted by molar-refractivity contribution is 6.22. The molecule has 1 amide bonds. The summed E-state index contributed by atoms with van der Waals surface area (Å²) in [7, 11) is 0. The SMILES string of the molecule is CC(=O)C(=C(C)N)c1ccc2[nH]c(=O)n3c2c1OCC3(C(N)=O)c1ccccn1. The number of pyridine rings is 1. The number of allylic oxidation sites excluding steroid dienone is 2. The number of Topliss-reactive ketones (excluding diaryl/α,β-unsaturated/α-hetero) is 1. The number of nitrogens with two attached hydrogens (primary N) is 2. The Labute approximate surface area is 165 Å².